The Hall–Kier alpha value is -0.780. The summed E-state index contributed by atoms with van der Waals surface area (Å²) in [6.45, 7) is 9.50. The van der Waals surface area contributed by atoms with E-state index in [0.717, 1.165) is 11.8 Å². The van der Waals surface area contributed by atoms with Crippen LogP contribution in [-0.4, -0.2) is 0 Å². The third kappa shape index (κ3) is 1.60. The largest absolute Gasteiger partial charge is 0.0620 e. The Morgan fingerprint density at radius 3 is 2.60 bits per heavy atom. The summed E-state index contributed by atoms with van der Waals surface area (Å²) in [7, 11) is 0. The van der Waals surface area contributed by atoms with Crippen molar-refractivity contribution in [3.8, 4) is 0 Å². The molecule has 2 unspecified atom stereocenters. The van der Waals surface area contributed by atoms with Crippen LogP contribution in [-0.2, 0) is 5.41 Å². The van der Waals surface area contributed by atoms with Crippen LogP contribution in [0.5, 0.6) is 0 Å². The van der Waals surface area contributed by atoms with Crippen LogP contribution in [0, 0.1) is 5.92 Å². The third-order valence-electron chi connectivity index (χ3n) is 4.48. The first-order valence-electron chi connectivity index (χ1n) is 6.15. The molecule has 0 aromatic heterocycles. The molecule has 0 spiro atoms. The molecule has 0 saturated heterocycles. The van der Waals surface area contributed by atoms with Crippen LogP contribution in [0.15, 0.2) is 24.3 Å². The zero-order valence-electron chi connectivity index (χ0n) is 10.4. The van der Waals surface area contributed by atoms with Gasteiger partial charge in [-0.1, -0.05) is 52.0 Å². The van der Waals surface area contributed by atoms with Crippen molar-refractivity contribution in [1.29, 1.82) is 0 Å². The lowest BCUT2D eigenvalue weighted by Crippen LogP contribution is -2.33. The zero-order valence-corrected chi connectivity index (χ0v) is 10.4. The fourth-order valence-electron chi connectivity index (χ4n) is 2.85. The molecule has 15 heavy (non-hydrogen) atoms. The van der Waals surface area contributed by atoms with Gasteiger partial charge in [0.15, 0.2) is 0 Å². The predicted molar refractivity (Wildman–Crippen MR) is 66.3 cm³/mol. The van der Waals surface area contributed by atoms with Crippen molar-refractivity contribution >= 4 is 0 Å². The molecule has 1 aliphatic carbocycles. The van der Waals surface area contributed by atoms with E-state index in [9.17, 15) is 0 Å². The maximum atomic E-state index is 2.43. The average Bonchev–Trinajstić information content (AvgIpc) is 2.24. The summed E-state index contributed by atoms with van der Waals surface area (Å²) < 4.78 is 0. The van der Waals surface area contributed by atoms with Crippen LogP contribution in [0.4, 0.5) is 0 Å². The first-order valence-corrected chi connectivity index (χ1v) is 6.15. The minimum absolute atomic E-state index is 0.392. The highest BCUT2D eigenvalue weighted by Crippen LogP contribution is 2.46. The average molecular weight is 202 g/mol. The summed E-state index contributed by atoms with van der Waals surface area (Å²) in [6.07, 6.45) is 2.68. The smallest absolute Gasteiger partial charge is 0.00492 e. The summed E-state index contributed by atoms with van der Waals surface area (Å²) in [5, 5.41) is 0. The van der Waals surface area contributed by atoms with Gasteiger partial charge in [-0.05, 0) is 41.2 Å². The van der Waals surface area contributed by atoms with Gasteiger partial charge in [0.25, 0.3) is 0 Å². The molecule has 0 heterocycles. The highest BCUT2D eigenvalue weighted by Gasteiger charge is 2.36. The van der Waals surface area contributed by atoms with E-state index in [1.54, 1.807) is 11.1 Å². The molecule has 0 radical (unpaired) electrons. The molecule has 2 atom stereocenters. The summed E-state index contributed by atoms with van der Waals surface area (Å²) >= 11 is 0. The van der Waals surface area contributed by atoms with Crippen LogP contribution < -0.4 is 0 Å². The van der Waals surface area contributed by atoms with Gasteiger partial charge in [-0.3, -0.25) is 0 Å². The molecule has 0 nitrogen and oxygen atoms in total. The normalized spacial score (nSPS) is 30.3. The van der Waals surface area contributed by atoms with E-state index in [-0.39, 0.29) is 0 Å². The highest BCUT2D eigenvalue weighted by atomic mass is 14.4. The molecule has 0 heteroatoms. The van der Waals surface area contributed by atoms with Gasteiger partial charge < -0.3 is 0 Å². The van der Waals surface area contributed by atoms with Gasteiger partial charge in [-0.25, -0.2) is 0 Å². The van der Waals surface area contributed by atoms with Crippen LogP contribution in [0.3, 0.4) is 0 Å². The van der Waals surface area contributed by atoms with Crippen LogP contribution in [0.2, 0.25) is 0 Å². The predicted octanol–water partition coefficient (Wildman–Crippen LogP) is 4.50. The van der Waals surface area contributed by atoms with Crippen LogP contribution in [0.1, 0.15) is 57.6 Å². The number of hydrogen-bond acceptors (Lipinski definition) is 0. The van der Waals surface area contributed by atoms with Gasteiger partial charge in [-0.2, -0.15) is 0 Å². The minimum Gasteiger partial charge on any atom is -0.0620 e. The van der Waals surface area contributed by atoms with E-state index < -0.39 is 0 Å². The molecule has 0 saturated carbocycles. The second-order valence-corrected chi connectivity index (χ2v) is 5.60. The molecule has 2 rings (SSSR count). The fraction of sp³-hybridized carbons (Fsp3) is 0.600. The number of benzene rings is 1. The van der Waals surface area contributed by atoms with E-state index >= 15 is 0 Å². The van der Waals surface area contributed by atoms with E-state index in [2.05, 4.69) is 52.0 Å². The molecule has 0 bridgehead atoms. The topological polar surface area (TPSA) is 0 Å². The summed E-state index contributed by atoms with van der Waals surface area (Å²) in [5.41, 5.74) is 3.57. The van der Waals surface area contributed by atoms with Gasteiger partial charge in [0.05, 0.1) is 0 Å². The molecule has 0 N–H and O–H groups in total. The summed E-state index contributed by atoms with van der Waals surface area (Å²) in [5.74, 6) is 1.47. The first-order chi connectivity index (χ1) is 7.05. The van der Waals surface area contributed by atoms with E-state index in [0.29, 0.717) is 5.41 Å². The summed E-state index contributed by atoms with van der Waals surface area (Å²) in [4.78, 5) is 0. The van der Waals surface area contributed by atoms with Crippen molar-refractivity contribution in [2.45, 2.75) is 51.9 Å². The molecule has 82 valence electrons. The molecule has 1 aromatic carbocycles. The number of fused-ring (bicyclic) bond motifs is 1. The van der Waals surface area contributed by atoms with Crippen molar-refractivity contribution in [3.05, 3.63) is 35.4 Å². The van der Waals surface area contributed by atoms with E-state index in [1.807, 2.05) is 0 Å². The van der Waals surface area contributed by atoms with Gasteiger partial charge in [0.2, 0.25) is 0 Å². The molecular formula is C15H22. The SMILES string of the molecule is CC1CCC(C)(C(C)C)c2ccccc21. The zero-order chi connectivity index (χ0) is 11.1. The third-order valence-corrected chi connectivity index (χ3v) is 4.48. The van der Waals surface area contributed by atoms with Gasteiger partial charge in [0, 0.05) is 0 Å². The Bertz CT molecular complexity index is 351. The van der Waals surface area contributed by atoms with E-state index in [1.165, 1.54) is 12.8 Å². The maximum Gasteiger partial charge on any atom is -0.00492 e. The van der Waals surface area contributed by atoms with Crippen LogP contribution >= 0.6 is 0 Å². The lowest BCUT2D eigenvalue weighted by Gasteiger charge is -2.41. The Balaban J connectivity index is 2.53. The molecule has 0 amide bonds. The van der Waals surface area contributed by atoms with Gasteiger partial charge >= 0.3 is 0 Å². The minimum atomic E-state index is 0.392. The van der Waals surface area contributed by atoms with Gasteiger partial charge in [0.1, 0.15) is 0 Å². The second-order valence-electron chi connectivity index (χ2n) is 5.60. The Morgan fingerprint density at radius 1 is 1.27 bits per heavy atom. The van der Waals surface area contributed by atoms with Gasteiger partial charge in [-0.15, -0.1) is 0 Å². The molecule has 1 aliphatic rings. The van der Waals surface area contributed by atoms with Crippen molar-refractivity contribution in [2.24, 2.45) is 5.92 Å². The molecule has 1 aromatic rings. The molecule has 0 fully saturated rings. The quantitative estimate of drug-likeness (QED) is 0.629. The lowest BCUT2D eigenvalue weighted by atomic mass is 9.63. The highest BCUT2D eigenvalue weighted by molar-refractivity contribution is 5.39. The maximum absolute atomic E-state index is 2.43. The number of rotatable bonds is 1. The molecule has 0 aliphatic heterocycles. The van der Waals surface area contributed by atoms with E-state index in [4.69, 9.17) is 0 Å². The van der Waals surface area contributed by atoms with Crippen molar-refractivity contribution < 1.29 is 0 Å². The monoisotopic (exact) mass is 202 g/mol. The molecular weight excluding hydrogens is 180 g/mol. The Morgan fingerprint density at radius 2 is 1.93 bits per heavy atom. The lowest BCUT2D eigenvalue weighted by molar-refractivity contribution is 0.278. The Kier molecular flexibility index (Phi) is 2.62. The number of hydrogen-bond donors (Lipinski definition) is 0. The fourth-order valence-corrected chi connectivity index (χ4v) is 2.85. The van der Waals surface area contributed by atoms with Crippen molar-refractivity contribution in [1.82, 2.24) is 0 Å². The first kappa shape index (κ1) is 10.7. The van der Waals surface area contributed by atoms with Crippen molar-refractivity contribution in [3.63, 3.8) is 0 Å². The second kappa shape index (κ2) is 3.66. The van der Waals surface area contributed by atoms with Crippen LogP contribution in [0.25, 0.3) is 0 Å². The summed E-state index contributed by atoms with van der Waals surface area (Å²) in [6, 6.07) is 9.03. The van der Waals surface area contributed by atoms with Crippen molar-refractivity contribution in [2.75, 3.05) is 0 Å². The Labute approximate surface area is 93.7 Å². The standard InChI is InChI=1S/C15H22/c1-11(2)15(4)10-9-12(3)13-7-5-6-8-14(13)15/h5-8,11-12H,9-10H2,1-4H3.